The number of hydrogen-bond donors (Lipinski definition) is 0. The van der Waals surface area contributed by atoms with Gasteiger partial charge in [-0.1, -0.05) is 6.92 Å². The normalized spacial score (nSPS) is 34.2. The quantitative estimate of drug-likeness (QED) is 0.183. The molecule has 2 atom stereocenters. The smallest absolute Gasteiger partial charge is 0.381 e. The lowest BCUT2D eigenvalue weighted by atomic mass is 9.67. The van der Waals surface area contributed by atoms with Crippen LogP contribution in [0.4, 0.5) is 52.7 Å². The summed E-state index contributed by atoms with van der Waals surface area (Å²) in [6, 6.07) is 0. The molecule has 0 N–H and O–H groups in total. The Hall–Kier alpha value is -1.00. The highest BCUT2D eigenvalue weighted by Crippen LogP contribution is 2.75. The van der Waals surface area contributed by atoms with Gasteiger partial charge < -0.3 is 18.9 Å². The van der Waals surface area contributed by atoms with Gasteiger partial charge in [-0.15, -0.1) is 0 Å². The summed E-state index contributed by atoms with van der Waals surface area (Å²) in [4.78, 5) is 0. The van der Waals surface area contributed by atoms with Gasteiger partial charge in [0.25, 0.3) is 11.2 Å². The summed E-state index contributed by atoms with van der Waals surface area (Å²) < 4.78 is 189. The van der Waals surface area contributed by atoms with Gasteiger partial charge in [0.05, 0.1) is 30.0 Å². The predicted molar refractivity (Wildman–Crippen MR) is 158 cm³/mol. The van der Waals surface area contributed by atoms with Gasteiger partial charge in [-0.05, 0) is 123 Å². The van der Waals surface area contributed by atoms with Crippen LogP contribution in [0.25, 0.3) is 0 Å². The molecule has 5 fully saturated rings. The molecule has 0 aromatic rings. The maximum absolute atomic E-state index is 14.1. The van der Waals surface area contributed by atoms with E-state index in [9.17, 15) is 52.7 Å². The molecule has 2 unspecified atom stereocenters. The fourth-order valence-electron chi connectivity index (χ4n) is 10.5. The Morgan fingerprint density at radius 1 is 0.580 bits per heavy atom. The number of halogens is 12. The molecule has 0 aromatic heterocycles. The first-order chi connectivity index (χ1) is 22.3. The van der Waals surface area contributed by atoms with E-state index in [0.29, 0.717) is 38.7 Å². The van der Waals surface area contributed by atoms with Crippen LogP contribution in [0.1, 0.15) is 119 Å². The largest absolute Gasteiger partial charge is 0.427 e. The zero-order valence-electron chi connectivity index (χ0n) is 29.8. The Balaban J connectivity index is 0.000000225. The van der Waals surface area contributed by atoms with Crippen LogP contribution in [0.5, 0.6) is 0 Å². The van der Waals surface area contributed by atoms with E-state index in [1.165, 1.54) is 48.7 Å². The third-order valence-electron chi connectivity index (χ3n) is 12.2. The standard InChI is InChI=1S/C18H28F6O2.C16H22F6O2/c1-6-12(25-5)14-7-9-15(11-14,10-8-14)16(17(19,20)21,18(22,23)24)26-13(2,3)4;1-11(2,3)24-14(15(17,18)19,16(20,21)22)13-6-4-12(9-13,5-7-13)10-8-23-10/h12H,6-11H2,1-5H3;10H,4-9H2,1-3H3. The minimum atomic E-state index is -5.56. The lowest BCUT2D eigenvalue weighted by Gasteiger charge is -2.51. The van der Waals surface area contributed by atoms with Crippen LogP contribution in [0.3, 0.4) is 0 Å². The van der Waals surface area contributed by atoms with Gasteiger partial charge >= 0.3 is 24.7 Å². The number of ether oxygens (including phenoxy) is 4. The summed E-state index contributed by atoms with van der Waals surface area (Å²) in [6.45, 7) is 9.67. The minimum Gasteiger partial charge on any atom is -0.381 e. The Kier molecular flexibility index (Phi) is 10.2. The Morgan fingerprint density at radius 3 is 1.20 bits per heavy atom. The lowest BCUT2D eigenvalue weighted by molar-refractivity contribution is -0.432. The van der Waals surface area contributed by atoms with Crippen LogP contribution in [0.15, 0.2) is 0 Å². The van der Waals surface area contributed by atoms with Crippen molar-refractivity contribution in [2.24, 2.45) is 21.7 Å². The number of rotatable bonds is 8. The molecule has 0 amide bonds. The highest BCUT2D eigenvalue weighted by Gasteiger charge is 2.86. The predicted octanol–water partition coefficient (Wildman–Crippen LogP) is 11.1. The zero-order valence-corrected chi connectivity index (χ0v) is 29.8. The molecule has 0 radical (unpaired) electrons. The topological polar surface area (TPSA) is 40.2 Å². The molecule has 0 aromatic carbocycles. The highest BCUT2D eigenvalue weighted by molar-refractivity contribution is 5.22. The van der Waals surface area contributed by atoms with Crippen molar-refractivity contribution in [3.05, 3.63) is 0 Å². The van der Waals surface area contributed by atoms with Crippen molar-refractivity contribution in [3.8, 4) is 0 Å². The van der Waals surface area contributed by atoms with Crippen molar-refractivity contribution in [3.63, 3.8) is 0 Å². The van der Waals surface area contributed by atoms with Crippen LogP contribution in [0, 0.1) is 21.7 Å². The third-order valence-corrected chi connectivity index (χ3v) is 12.2. The van der Waals surface area contributed by atoms with Crippen molar-refractivity contribution in [2.75, 3.05) is 13.7 Å². The molecule has 5 aliphatic rings. The third kappa shape index (κ3) is 6.47. The molecule has 1 heterocycles. The molecular weight excluding hydrogens is 700 g/mol. The average Bonchev–Trinajstić information content (AvgIpc) is 3.29. The second-order valence-electron chi connectivity index (χ2n) is 17.4. The Labute approximate surface area is 285 Å². The Morgan fingerprint density at radius 2 is 0.920 bits per heavy atom. The molecule has 1 aliphatic heterocycles. The number of hydrogen-bond acceptors (Lipinski definition) is 4. The first-order valence-corrected chi connectivity index (χ1v) is 17.1. The number of alkyl halides is 12. The first-order valence-electron chi connectivity index (χ1n) is 17.1. The summed E-state index contributed by atoms with van der Waals surface area (Å²) in [6.07, 6.45) is -21.9. The van der Waals surface area contributed by atoms with Crippen molar-refractivity contribution >= 4 is 0 Å². The van der Waals surface area contributed by atoms with Crippen molar-refractivity contribution in [1.29, 1.82) is 0 Å². The molecule has 294 valence electrons. The van der Waals surface area contributed by atoms with Crippen LogP contribution < -0.4 is 0 Å². The van der Waals surface area contributed by atoms with E-state index in [2.05, 4.69) is 0 Å². The number of methoxy groups -OCH3 is 1. The summed E-state index contributed by atoms with van der Waals surface area (Å²) in [7, 11) is 1.47. The molecule has 4 nitrogen and oxygen atoms in total. The van der Waals surface area contributed by atoms with Crippen LogP contribution in [0.2, 0.25) is 0 Å². The SMILES string of the molecule is CC(C)(C)OC(C(F)(F)F)(C(F)(F)F)C12CCC(C3CO3)(CC1)C2.CCC(OC)C12CCC(C(OC(C)(C)C)(C(F)(F)F)C(F)(F)F)(CC1)C2. The second-order valence-corrected chi connectivity index (χ2v) is 17.4. The maximum atomic E-state index is 14.1. The number of epoxide rings is 1. The zero-order chi connectivity index (χ0) is 38.5. The monoisotopic (exact) mass is 750 g/mol. The summed E-state index contributed by atoms with van der Waals surface area (Å²) >= 11 is 0. The van der Waals surface area contributed by atoms with Crippen LogP contribution in [-0.2, 0) is 18.9 Å². The second kappa shape index (κ2) is 12.3. The fraction of sp³-hybridized carbons (Fsp3) is 1.00. The fourth-order valence-corrected chi connectivity index (χ4v) is 10.5. The average molecular weight is 751 g/mol. The van der Waals surface area contributed by atoms with Gasteiger partial charge in [-0.3, -0.25) is 0 Å². The van der Waals surface area contributed by atoms with E-state index in [-0.39, 0.29) is 50.7 Å². The van der Waals surface area contributed by atoms with E-state index in [0.717, 1.165) is 0 Å². The van der Waals surface area contributed by atoms with Gasteiger partial charge in [0.1, 0.15) is 0 Å². The van der Waals surface area contributed by atoms with E-state index in [1.54, 1.807) is 0 Å². The maximum Gasteiger partial charge on any atom is 0.427 e. The highest BCUT2D eigenvalue weighted by atomic mass is 19.4. The van der Waals surface area contributed by atoms with Gasteiger partial charge in [-0.25, -0.2) is 0 Å². The van der Waals surface area contributed by atoms with E-state index in [1.807, 2.05) is 6.92 Å². The van der Waals surface area contributed by atoms with E-state index < -0.39 is 68.8 Å². The van der Waals surface area contributed by atoms with Crippen LogP contribution >= 0.6 is 0 Å². The van der Waals surface area contributed by atoms with Crippen LogP contribution in [-0.4, -0.2) is 73.0 Å². The number of fused-ring (bicyclic) bond motifs is 4. The first kappa shape index (κ1) is 41.8. The molecule has 16 heteroatoms. The molecule has 50 heavy (non-hydrogen) atoms. The van der Waals surface area contributed by atoms with Gasteiger partial charge in [0, 0.05) is 17.9 Å². The molecule has 0 spiro atoms. The van der Waals surface area contributed by atoms with Gasteiger partial charge in [-0.2, -0.15) is 52.7 Å². The van der Waals surface area contributed by atoms with Gasteiger partial charge in [0.2, 0.25) is 0 Å². The minimum absolute atomic E-state index is 0.137. The molecule has 5 rings (SSSR count). The molecule has 4 bridgehead atoms. The lowest BCUT2D eigenvalue weighted by Crippen LogP contribution is -2.69. The van der Waals surface area contributed by atoms with Crippen molar-refractivity contribution in [1.82, 2.24) is 0 Å². The van der Waals surface area contributed by atoms with Crippen molar-refractivity contribution in [2.45, 2.75) is 178 Å². The molecular formula is C34H50F12O4. The van der Waals surface area contributed by atoms with E-state index >= 15 is 0 Å². The van der Waals surface area contributed by atoms with Gasteiger partial charge in [0.15, 0.2) is 0 Å². The molecule has 4 saturated carbocycles. The van der Waals surface area contributed by atoms with Crippen molar-refractivity contribution < 1.29 is 71.6 Å². The van der Waals surface area contributed by atoms with E-state index in [4.69, 9.17) is 18.9 Å². The Bertz CT molecular complexity index is 1170. The summed E-state index contributed by atoms with van der Waals surface area (Å²) in [5.41, 5.74) is -16.7. The molecule has 1 saturated heterocycles. The summed E-state index contributed by atoms with van der Waals surface area (Å²) in [5, 5.41) is 0. The summed E-state index contributed by atoms with van der Waals surface area (Å²) in [5.74, 6) is 0. The molecule has 4 aliphatic carbocycles.